The number of ketones is 1. The minimum absolute atomic E-state index is 0.190. The predicted octanol–water partition coefficient (Wildman–Crippen LogP) is 4.83. The molecular weight excluding hydrogens is 344 g/mol. The third kappa shape index (κ3) is 2.73. The van der Waals surface area contributed by atoms with E-state index in [2.05, 4.69) is 9.97 Å². The van der Waals surface area contributed by atoms with Gasteiger partial charge < -0.3 is 0 Å². The number of carbonyl (C=O) groups excluding carboxylic acids is 1. The molecule has 0 fully saturated rings. The van der Waals surface area contributed by atoms with Gasteiger partial charge in [0.2, 0.25) is 0 Å². The molecule has 6 heteroatoms. The molecule has 1 aliphatic carbocycles. The fourth-order valence-electron chi connectivity index (χ4n) is 3.13. The summed E-state index contributed by atoms with van der Waals surface area (Å²) in [6.45, 7) is 4.06. The standard InChI is InChI=1S/C17H16N2OS3/c1-9-6-12(10(2)22-9)13(20)7-21-16-15-11-4-3-5-14(11)23-17(15)19-8-18-16/h6,8H,3-5,7H2,1-2H3. The molecule has 3 heterocycles. The number of aryl methyl sites for hydroxylation is 4. The van der Waals surface area contributed by atoms with E-state index in [1.54, 1.807) is 40.8 Å². The number of carbonyl (C=O) groups is 1. The number of thioether (sulfide) groups is 1. The lowest BCUT2D eigenvalue weighted by atomic mass is 10.2. The van der Waals surface area contributed by atoms with E-state index >= 15 is 0 Å². The first kappa shape index (κ1) is 15.3. The molecule has 0 unspecified atom stereocenters. The number of aromatic nitrogens is 2. The smallest absolute Gasteiger partial charge is 0.174 e. The van der Waals surface area contributed by atoms with Gasteiger partial charge in [0, 0.05) is 25.6 Å². The zero-order valence-electron chi connectivity index (χ0n) is 13.0. The summed E-state index contributed by atoms with van der Waals surface area (Å²) in [6, 6.07) is 2.00. The van der Waals surface area contributed by atoms with Crippen molar-refractivity contribution in [1.82, 2.24) is 9.97 Å². The van der Waals surface area contributed by atoms with Crippen molar-refractivity contribution in [3.63, 3.8) is 0 Å². The highest BCUT2D eigenvalue weighted by Crippen LogP contribution is 2.40. The van der Waals surface area contributed by atoms with E-state index < -0.39 is 0 Å². The van der Waals surface area contributed by atoms with Crippen LogP contribution in [0.3, 0.4) is 0 Å². The summed E-state index contributed by atoms with van der Waals surface area (Å²) < 4.78 is 0. The Morgan fingerprint density at radius 3 is 2.91 bits per heavy atom. The molecule has 0 bridgehead atoms. The first-order valence-corrected chi connectivity index (χ1v) is 10.2. The van der Waals surface area contributed by atoms with Gasteiger partial charge in [-0.05, 0) is 44.7 Å². The summed E-state index contributed by atoms with van der Waals surface area (Å²) in [7, 11) is 0. The molecule has 0 radical (unpaired) electrons. The highest BCUT2D eigenvalue weighted by atomic mass is 32.2. The quantitative estimate of drug-likeness (QED) is 0.379. The van der Waals surface area contributed by atoms with Gasteiger partial charge in [-0.3, -0.25) is 4.79 Å². The molecule has 118 valence electrons. The van der Waals surface area contributed by atoms with Gasteiger partial charge in [-0.1, -0.05) is 11.8 Å². The lowest BCUT2D eigenvalue weighted by Gasteiger charge is -2.03. The number of fused-ring (bicyclic) bond motifs is 3. The van der Waals surface area contributed by atoms with E-state index in [4.69, 9.17) is 0 Å². The fourth-order valence-corrected chi connectivity index (χ4v) is 6.27. The monoisotopic (exact) mass is 360 g/mol. The maximum absolute atomic E-state index is 12.5. The molecule has 0 saturated heterocycles. The Hall–Kier alpha value is -1.24. The van der Waals surface area contributed by atoms with Crippen molar-refractivity contribution >= 4 is 50.4 Å². The Labute approximate surface area is 147 Å². The highest BCUT2D eigenvalue weighted by Gasteiger charge is 2.22. The lowest BCUT2D eigenvalue weighted by molar-refractivity contribution is 0.102. The second-order valence-corrected chi connectivity index (χ2v) is 9.26. The van der Waals surface area contributed by atoms with Crippen molar-refractivity contribution < 1.29 is 4.79 Å². The van der Waals surface area contributed by atoms with Crippen LogP contribution in [-0.2, 0) is 12.8 Å². The largest absolute Gasteiger partial charge is 0.293 e. The predicted molar refractivity (Wildman–Crippen MR) is 98.3 cm³/mol. The summed E-state index contributed by atoms with van der Waals surface area (Å²) in [4.78, 5) is 26.2. The van der Waals surface area contributed by atoms with Crippen LogP contribution in [-0.4, -0.2) is 21.5 Å². The summed E-state index contributed by atoms with van der Waals surface area (Å²) in [5.41, 5.74) is 2.28. The Bertz CT molecular complexity index is 910. The Morgan fingerprint density at radius 2 is 2.13 bits per heavy atom. The third-order valence-corrected chi connectivity index (χ3v) is 7.30. The van der Waals surface area contributed by atoms with Crippen LogP contribution in [0, 0.1) is 13.8 Å². The van der Waals surface area contributed by atoms with E-state index in [9.17, 15) is 4.79 Å². The van der Waals surface area contributed by atoms with Crippen molar-refractivity contribution in [1.29, 1.82) is 0 Å². The molecule has 0 spiro atoms. The average Bonchev–Trinajstić information content (AvgIpc) is 3.18. The minimum Gasteiger partial charge on any atom is -0.293 e. The summed E-state index contributed by atoms with van der Waals surface area (Å²) >= 11 is 5.03. The lowest BCUT2D eigenvalue weighted by Crippen LogP contribution is -2.03. The molecule has 0 amide bonds. The van der Waals surface area contributed by atoms with Gasteiger partial charge in [-0.2, -0.15) is 0 Å². The maximum atomic E-state index is 12.5. The minimum atomic E-state index is 0.190. The zero-order valence-corrected chi connectivity index (χ0v) is 15.5. The second kappa shape index (κ2) is 6.00. The zero-order chi connectivity index (χ0) is 16.0. The highest BCUT2D eigenvalue weighted by molar-refractivity contribution is 8.00. The van der Waals surface area contributed by atoms with Crippen LogP contribution in [0.5, 0.6) is 0 Å². The Kier molecular flexibility index (Phi) is 3.99. The van der Waals surface area contributed by atoms with Crippen LogP contribution < -0.4 is 0 Å². The molecule has 23 heavy (non-hydrogen) atoms. The van der Waals surface area contributed by atoms with Crippen LogP contribution in [0.1, 0.15) is 37.0 Å². The molecule has 3 aromatic heterocycles. The van der Waals surface area contributed by atoms with E-state index in [-0.39, 0.29) is 5.78 Å². The topological polar surface area (TPSA) is 42.9 Å². The molecule has 1 aliphatic rings. The maximum Gasteiger partial charge on any atom is 0.174 e. The fraction of sp³-hybridized carbons (Fsp3) is 0.353. The van der Waals surface area contributed by atoms with E-state index in [1.165, 1.54) is 27.1 Å². The number of hydrogen-bond acceptors (Lipinski definition) is 6. The molecule has 0 atom stereocenters. The van der Waals surface area contributed by atoms with Crippen molar-refractivity contribution in [2.45, 2.75) is 38.1 Å². The van der Waals surface area contributed by atoms with Crippen LogP contribution >= 0.6 is 34.4 Å². The van der Waals surface area contributed by atoms with Crippen molar-refractivity contribution in [2.24, 2.45) is 0 Å². The Morgan fingerprint density at radius 1 is 1.26 bits per heavy atom. The van der Waals surface area contributed by atoms with Crippen molar-refractivity contribution in [3.8, 4) is 0 Å². The van der Waals surface area contributed by atoms with Gasteiger partial charge in [-0.25, -0.2) is 9.97 Å². The average molecular weight is 361 g/mol. The molecule has 0 saturated carbocycles. The van der Waals surface area contributed by atoms with Crippen LogP contribution in [0.4, 0.5) is 0 Å². The van der Waals surface area contributed by atoms with Gasteiger partial charge in [0.1, 0.15) is 16.2 Å². The third-order valence-electron chi connectivity index (χ3n) is 4.15. The molecule has 0 N–H and O–H groups in total. The van der Waals surface area contributed by atoms with E-state index in [0.29, 0.717) is 5.75 Å². The molecule has 3 aromatic rings. The summed E-state index contributed by atoms with van der Waals surface area (Å²) in [5, 5.41) is 2.16. The number of hydrogen-bond donors (Lipinski definition) is 0. The molecular formula is C17H16N2OS3. The normalized spacial score (nSPS) is 13.7. The van der Waals surface area contributed by atoms with Crippen LogP contribution in [0.2, 0.25) is 0 Å². The summed E-state index contributed by atoms with van der Waals surface area (Å²) in [5.74, 6) is 0.629. The van der Waals surface area contributed by atoms with Crippen molar-refractivity contribution in [3.05, 3.63) is 38.2 Å². The first-order valence-electron chi connectivity index (χ1n) is 7.62. The van der Waals surface area contributed by atoms with Crippen LogP contribution in [0.25, 0.3) is 10.2 Å². The number of rotatable bonds is 4. The van der Waals surface area contributed by atoms with Gasteiger partial charge >= 0.3 is 0 Å². The van der Waals surface area contributed by atoms with E-state index in [1.807, 2.05) is 19.9 Å². The first-order chi connectivity index (χ1) is 11.1. The van der Waals surface area contributed by atoms with E-state index in [0.717, 1.165) is 33.1 Å². The summed E-state index contributed by atoms with van der Waals surface area (Å²) in [6.07, 6.45) is 5.13. The van der Waals surface area contributed by atoms with Crippen LogP contribution in [0.15, 0.2) is 17.4 Å². The number of thiophene rings is 2. The van der Waals surface area contributed by atoms with Gasteiger partial charge in [0.25, 0.3) is 0 Å². The van der Waals surface area contributed by atoms with Gasteiger partial charge in [-0.15, -0.1) is 22.7 Å². The SMILES string of the molecule is Cc1cc(C(=O)CSc2ncnc3sc4c(c23)CCC4)c(C)s1. The molecule has 3 nitrogen and oxygen atoms in total. The molecule has 0 aliphatic heterocycles. The number of nitrogens with zero attached hydrogens (tertiary/aromatic N) is 2. The number of Topliss-reactive ketones (excluding diaryl/α,β-unsaturated/α-hetero) is 1. The van der Waals surface area contributed by atoms with Crippen molar-refractivity contribution in [2.75, 3.05) is 5.75 Å². The van der Waals surface area contributed by atoms with Gasteiger partial charge in [0.05, 0.1) is 5.75 Å². The second-order valence-electron chi connectivity index (χ2n) is 5.76. The Balaban J connectivity index is 1.61. The molecule has 0 aromatic carbocycles. The molecule has 4 rings (SSSR count). The van der Waals surface area contributed by atoms with Gasteiger partial charge in [0.15, 0.2) is 5.78 Å².